The minimum atomic E-state index is -4.21. The Labute approximate surface area is 35.2 Å². The molecule has 0 heterocycles. The molecule has 0 amide bonds. The molecule has 5 heavy (non-hydrogen) atoms. The molecule has 0 unspecified atom stereocenters. The molecule has 4 heteroatoms. The first-order valence-corrected chi connectivity index (χ1v) is 3.79. The molecule has 0 spiro atoms. The Balaban J connectivity index is 0. The van der Waals surface area contributed by atoms with E-state index in [0.717, 1.165) is 0 Å². The molecule has 0 aliphatic carbocycles. The zero-order valence-electron chi connectivity index (χ0n) is 2.60. The van der Waals surface area contributed by atoms with Crippen molar-refractivity contribution < 1.29 is 27.0 Å². The molecule has 3 nitrogen and oxygen atoms in total. The predicted octanol–water partition coefficient (Wildman–Crippen LogP) is 0.0914. The van der Waals surface area contributed by atoms with Crippen LogP contribution in [-0.2, 0) is 27.0 Å². The molecule has 0 aliphatic heterocycles. The van der Waals surface area contributed by atoms with Crippen LogP contribution in [0.25, 0.3) is 0 Å². The van der Waals surface area contributed by atoms with Gasteiger partial charge >= 0.3 is 27.0 Å². The third kappa shape index (κ3) is 4450. The molecule has 0 radical (unpaired) electrons. The molecular weight excluding hydrogens is 246 g/mol. The first-order valence-electron chi connectivity index (χ1n) is 0.463. The van der Waals surface area contributed by atoms with Gasteiger partial charge in [0, 0.05) is 0 Å². The second-order valence-electron chi connectivity index (χ2n) is 0.189. The van der Waals surface area contributed by atoms with Crippen LogP contribution >= 0.6 is 0 Å². The van der Waals surface area contributed by atoms with E-state index in [4.69, 9.17) is 10.4 Å². The van der Waals surface area contributed by atoms with Crippen LogP contribution in [-0.4, -0.2) is 0 Å². The van der Waals surface area contributed by atoms with Gasteiger partial charge in [-0.25, -0.2) is 0 Å². The summed E-state index contributed by atoms with van der Waals surface area (Å²) < 4.78 is 25.8. The summed E-state index contributed by atoms with van der Waals surface area (Å²) in [6.07, 6.45) is 0. The van der Waals surface area contributed by atoms with Gasteiger partial charge in [-0.05, 0) is 0 Å². The molecule has 0 aromatic carbocycles. The summed E-state index contributed by atoms with van der Waals surface area (Å²) in [5.41, 5.74) is 0. The second kappa shape index (κ2) is 4.06. The molecular formula is CH3O3Re-. The molecule has 0 saturated heterocycles. The molecule has 0 aromatic rings. The zero-order chi connectivity index (χ0) is 3.58. The summed E-state index contributed by atoms with van der Waals surface area (Å²) in [6, 6.07) is 0. The quantitative estimate of drug-likeness (QED) is 0.572. The number of hydrogen-bond acceptors (Lipinski definition) is 3. The van der Waals surface area contributed by atoms with E-state index in [-0.39, 0.29) is 7.43 Å². The average molecular weight is 249 g/mol. The summed E-state index contributed by atoms with van der Waals surface area (Å²) in [4.78, 5) is 0. The van der Waals surface area contributed by atoms with Crippen LogP contribution in [0.3, 0.4) is 0 Å². The number of hydrogen-bond donors (Lipinski definition) is 0. The molecule has 0 aromatic heterocycles. The number of rotatable bonds is 0. The Morgan fingerprint density at radius 3 is 1.00 bits per heavy atom. The summed E-state index contributed by atoms with van der Waals surface area (Å²) in [5.74, 6) is 0. The van der Waals surface area contributed by atoms with E-state index in [1.165, 1.54) is 0 Å². The van der Waals surface area contributed by atoms with Gasteiger partial charge in [0.1, 0.15) is 0 Å². The van der Waals surface area contributed by atoms with Crippen molar-refractivity contribution in [2.75, 3.05) is 0 Å². The van der Waals surface area contributed by atoms with E-state index >= 15 is 0 Å². The molecule has 0 fully saturated rings. The summed E-state index contributed by atoms with van der Waals surface area (Å²) >= 11 is -4.21. The second-order valence-corrected chi connectivity index (χ2v) is 1.55. The SMILES string of the molecule is [CH3-].[O]=[Re](=[O])=[O]. The van der Waals surface area contributed by atoms with Crippen LogP contribution in [0.2, 0.25) is 0 Å². The van der Waals surface area contributed by atoms with Gasteiger partial charge in [-0.3, -0.25) is 0 Å². The van der Waals surface area contributed by atoms with E-state index < -0.39 is 16.6 Å². The molecule has 0 bridgehead atoms. The fraction of sp³-hybridized carbons (Fsp3) is 0. The fourth-order valence-electron chi connectivity index (χ4n) is 0. The molecule has 0 N–H and O–H groups in total. The summed E-state index contributed by atoms with van der Waals surface area (Å²) in [6.45, 7) is 0. The molecule has 0 rings (SSSR count). The predicted molar refractivity (Wildman–Crippen MR) is 8.47 cm³/mol. The normalized spacial score (nSPS) is 4.80. The van der Waals surface area contributed by atoms with E-state index in [2.05, 4.69) is 0 Å². The Kier molecular flexibility index (Phi) is 7.24. The molecule has 0 aliphatic rings. The van der Waals surface area contributed by atoms with Crippen molar-refractivity contribution in [2.45, 2.75) is 0 Å². The van der Waals surface area contributed by atoms with Crippen molar-refractivity contribution in [3.05, 3.63) is 7.43 Å². The Hall–Kier alpha value is 0.0623. The van der Waals surface area contributed by atoms with E-state index in [1.54, 1.807) is 0 Å². The van der Waals surface area contributed by atoms with Crippen LogP contribution in [0.1, 0.15) is 0 Å². The van der Waals surface area contributed by atoms with Gasteiger partial charge in [-0.2, -0.15) is 0 Å². The van der Waals surface area contributed by atoms with E-state index in [1.807, 2.05) is 0 Å². The van der Waals surface area contributed by atoms with Crippen molar-refractivity contribution in [3.63, 3.8) is 0 Å². The van der Waals surface area contributed by atoms with Crippen LogP contribution < -0.4 is 0 Å². The van der Waals surface area contributed by atoms with Crippen LogP contribution in [0.15, 0.2) is 0 Å². The maximum atomic E-state index is 8.60. The van der Waals surface area contributed by atoms with Gasteiger partial charge in [-0.15, -0.1) is 0 Å². The van der Waals surface area contributed by atoms with Gasteiger partial charge in [0.15, 0.2) is 0 Å². The van der Waals surface area contributed by atoms with Crippen molar-refractivity contribution in [1.82, 2.24) is 0 Å². The van der Waals surface area contributed by atoms with Crippen molar-refractivity contribution in [3.8, 4) is 0 Å². The third-order valence-corrected chi connectivity index (χ3v) is 0. The van der Waals surface area contributed by atoms with E-state index in [9.17, 15) is 0 Å². The molecule has 0 saturated carbocycles. The first kappa shape index (κ1) is 8.91. The summed E-state index contributed by atoms with van der Waals surface area (Å²) in [7, 11) is 0. The van der Waals surface area contributed by atoms with Crippen molar-refractivity contribution in [1.29, 1.82) is 0 Å². The van der Waals surface area contributed by atoms with Gasteiger partial charge in [0.25, 0.3) is 0 Å². The van der Waals surface area contributed by atoms with Crippen LogP contribution in [0.5, 0.6) is 0 Å². The summed E-state index contributed by atoms with van der Waals surface area (Å²) in [5, 5.41) is 0. The van der Waals surface area contributed by atoms with Gasteiger partial charge in [0.2, 0.25) is 0 Å². The van der Waals surface area contributed by atoms with Crippen molar-refractivity contribution >= 4 is 0 Å². The van der Waals surface area contributed by atoms with Gasteiger partial charge in [0.05, 0.1) is 0 Å². The van der Waals surface area contributed by atoms with Crippen molar-refractivity contribution in [2.24, 2.45) is 0 Å². The van der Waals surface area contributed by atoms with E-state index in [0.29, 0.717) is 0 Å². The monoisotopic (exact) mass is 250 g/mol. The third-order valence-electron chi connectivity index (χ3n) is 0. The van der Waals surface area contributed by atoms with Gasteiger partial charge < -0.3 is 7.43 Å². The van der Waals surface area contributed by atoms with Crippen LogP contribution in [0, 0.1) is 7.43 Å². The average Bonchev–Trinajstić information content (AvgIpc) is 0.811. The topological polar surface area (TPSA) is 51.2 Å². The fourth-order valence-corrected chi connectivity index (χ4v) is 0. The van der Waals surface area contributed by atoms with Crippen LogP contribution in [0.4, 0.5) is 0 Å². The Morgan fingerprint density at radius 1 is 1.00 bits per heavy atom. The molecule has 33 valence electrons. The standard InChI is InChI=1S/CH3.3O.Re/h1H3;;;;/q-1;;;;. The zero-order valence-corrected chi connectivity index (χ0v) is 5.32. The minimum absolute atomic E-state index is 0. The van der Waals surface area contributed by atoms with Gasteiger partial charge in [-0.1, -0.05) is 0 Å². The maximum absolute atomic E-state index is 8.60. The molecule has 0 atom stereocenters. The first-order chi connectivity index (χ1) is 1.73. The Bertz CT molecular complexity index is 76.3. The Morgan fingerprint density at radius 2 is 1.00 bits per heavy atom.